The van der Waals surface area contributed by atoms with Crippen molar-refractivity contribution in [3.05, 3.63) is 0 Å². The summed E-state index contributed by atoms with van der Waals surface area (Å²) < 4.78 is 0. The Morgan fingerprint density at radius 3 is 1.92 bits per heavy atom. The summed E-state index contributed by atoms with van der Waals surface area (Å²) in [5.74, 6) is 0. The molecule has 0 aromatic rings. The van der Waals surface area contributed by atoms with Crippen molar-refractivity contribution in [3.63, 3.8) is 0 Å². The highest BCUT2D eigenvalue weighted by Gasteiger charge is 2.30. The summed E-state index contributed by atoms with van der Waals surface area (Å²) in [5.41, 5.74) is 1.09. The van der Waals surface area contributed by atoms with Gasteiger partial charge < -0.3 is 0 Å². The van der Waals surface area contributed by atoms with Crippen molar-refractivity contribution in [1.29, 1.82) is 0 Å². The molecule has 1 unspecified atom stereocenters. The highest BCUT2D eigenvalue weighted by molar-refractivity contribution is 6.78. The van der Waals surface area contributed by atoms with E-state index in [4.69, 9.17) is 0 Å². The van der Waals surface area contributed by atoms with Crippen LogP contribution in [0.25, 0.3) is 0 Å². The van der Waals surface area contributed by atoms with Crippen LogP contribution in [0.3, 0.4) is 0 Å². The van der Waals surface area contributed by atoms with Crippen LogP contribution in [0.15, 0.2) is 0 Å². The van der Waals surface area contributed by atoms with Crippen LogP contribution in [0, 0.1) is 0 Å². The zero-order valence-electron chi connectivity index (χ0n) is 9.61. The maximum absolute atomic E-state index is 2.54. The summed E-state index contributed by atoms with van der Waals surface area (Å²) >= 11 is 0. The lowest BCUT2D eigenvalue weighted by Gasteiger charge is -2.34. The molecule has 1 fully saturated rings. The van der Waals surface area contributed by atoms with E-state index >= 15 is 0 Å². The molecule has 0 nitrogen and oxygen atoms in total. The summed E-state index contributed by atoms with van der Waals surface area (Å²) in [7, 11) is -0.694. The second-order valence-corrected chi connectivity index (χ2v) is 10.3. The van der Waals surface area contributed by atoms with Gasteiger partial charge in [-0.2, -0.15) is 0 Å². The summed E-state index contributed by atoms with van der Waals surface area (Å²) in [6.45, 7) is 11.8. The lowest BCUT2D eigenvalue weighted by molar-refractivity contribution is 0.635. The fourth-order valence-electron chi connectivity index (χ4n) is 1.67. The molecule has 0 saturated carbocycles. The van der Waals surface area contributed by atoms with Crippen LogP contribution < -0.4 is 0 Å². The molecule has 0 aromatic heterocycles. The Kier molecular flexibility index (Phi) is 5.90. The van der Waals surface area contributed by atoms with E-state index in [1.807, 2.05) is 0 Å². The van der Waals surface area contributed by atoms with Crippen LogP contribution in [0.4, 0.5) is 0 Å². The standard InChI is InChI=1S/C8H18Si.C3H8/c1-8-6-4-5-7-9(8,2)3;1-3-2/h8H,4-7H2,1-3H3;3H2,1-2H3. The third kappa shape index (κ3) is 4.29. The molecular formula is C11H26Si. The predicted octanol–water partition coefficient (Wildman–Crippen LogP) is 4.69. The van der Waals surface area contributed by atoms with E-state index in [1.54, 1.807) is 6.04 Å². The number of hydrogen-bond acceptors (Lipinski definition) is 0. The average molecular weight is 186 g/mol. The first-order valence-corrected chi connectivity index (χ1v) is 8.83. The van der Waals surface area contributed by atoms with Crippen molar-refractivity contribution in [2.24, 2.45) is 0 Å². The monoisotopic (exact) mass is 186 g/mol. The summed E-state index contributed by atoms with van der Waals surface area (Å²) in [5, 5.41) is 0. The Hall–Kier alpha value is 0.217. The van der Waals surface area contributed by atoms with Gasteiger partial charge in [0.2, 0.25) is 0 Å². The van der Waals surface area contributed by atoms with Gasteiger partial charge >= 0.3 is 0 Å². The first kappa shape index (κ1) is 12.2. The van der Waals surface area contributed by atoms with Crippen LogP contribution in [-0.4, -0.2) is 8.07 Å². The van der Waals surface area contributed by atoms with E-state index in [0.29, 0.717) is 0 Å². The lowest BCUT2D eigenvalue weighted by Crippen LogP contribution is -2.33. The van der Waals surface area contributed by atoms with E-state index in [0.717, 1.165) is 5.54 Å². The van der Waals surface area contributed by atoms with Gasteiger partial charge in [-0.15, -0.1) is 0 Å². The van der Waals surface area contributed by atoms with E-state index < -0.39 is 8.07 Å². The van der Waals surface area contributed by atoms with Crippen LogP contribution >= 0.6 is 0 Å². The third-order valence-electron chi connectivity index (χ3n) is 3.04. The second-order valence-electron chi connectivity index (χ2n) is 4.84. The quantitative estimate of drug-likeness (QED) is 0.482. The van der Waals surface area contributed by atoms with Crippen molar-refractivity contribution in [2.45, 2.75) is 71.1 Å². The van der Waals surface area contributed by atoms with E-state index in [9.17, 15) is 0 Å². The molecule has 74 valence electrons. The van der Waals surface area contributed by atoms with Crippen LogP contribution in [-0.2, 0) is 0 Å². The molecule has 0 aliphatic carbocycles. The van der Waals surface area contributed by atoms with Crippen molar-refractivity contribution in [3.8, 4) is 0 Å². The first-order valence-electron chi connectivity index (χ1n) is 5.54. The van der Waals surface area contributed by atoms with Crippen molar-refractivity contribution < 1.29 is 0 Å². The summed E-state index contributed by atoms with van der Waals surface area (Å²) in [6.07, 6.45) is 5.78. The predicted molar refractivity (Wildman–Crippen MR) is 61.5 cm³/mol. The molecule has 1 aliphatic rings. The average Bonchev–Trinajstić information content (AvgIpc) is 1.97. The van der Waals surface area contributed by atoms with Gasteiger partial charge in [0, 0.05) is 0 Å². The van der Waals surface area contributed by atoms with Gasteiger partial charge in [-0.3, -0.25) is 0 Å². The Labute approximate surface area is 79.8 Å². The molecular weight excluding hydrogens is 160 g/mol. The highest BCUT2D eigenvalue weighted by Crippen LogP contribution is 2.36. The SMILES string of the molecule is CC1CCCC[Si]1(C)C.CCC. The van der Waals surface area contributed by atoms with Crippen molar-refractivity contribution in [2.75, 3.05) is 0 Å². The molecule has 12 heavy (non-hydrogen) atoms. The summed E-state index contributed by atoms with van der Waals surface area (Å²) in [4.78, 5) is 0. The zero-order valence-corrected chi connectivity index (χ0v) is 10.6. The molecule has 0 radical (unpaired) electrons. The van der Waals surface area contributed by atoms with Gasteiger partial charge in [-0.25, -0.2) is 0 Å². The first-order chi connectivity index (χ1) is 5.54. The minimum absolute atomic E-state index is 0.694. The molecule has 1 aliphatic heterocycles. The molecule has 0 aromatic carbocycles. The Bertz CT molecular complexity index is 108. The van der Waals surface area contributed by atoms with Gasteiger partial charge in [0.25, 0.3) is 0 Å². The highest BCUT2D eigenvalue weighted by atomic mass is 28.3. The fraction of sp³-hybridized carbons (Fsp3) is 1.00. The molecule has 1 heteroatoms. The topological polar surface area (TPSA) is 0 Å². The van der Waals surface area contributed by atoms with Gasteiger partial charge in [0.05, 0.1) is 8.07 Å². The Balaban J connectivity index is 0.000000354. The Morgan fingerprint density at radius 1 is 1.17 bits per heavy atom. The second kappa shape index (κ2) is 5.79. The molecule has 0 N–H and O–H groups in total. The van der Waals surface area contributed by atoms with Gasteiger partial charge in [-0.05, 0) is 5.54 Å². The third-order valence-corrected chi connectivity index (χ3v) is 7.64. The molecule has 0 spiro atoms. The number of rotatable bonds is 0. The summed E-state index contributed by atoms with van der Waals surface area (Å²) in [6, 6.07) is 1.58. The maximum atomic E-state index is 2.54. The van der Waals surface area contributed by atoms with Gasteiger partial charge in [0.15, 0.2) is 0 Å². The van der Waals surface area contributed by atoms with Gasteiger partial charge in [0.1, 0.15) is 0 Å². The lowest BCUT2D eigenvalue weighted by atomic mass is 10.2. The van der Waals surface area contributed by atoms with Crippen LogP contribution in [0.2, 0.25) is 24.7 Å². The molecule has 1 saturated heterocycles. The Morgan fingerprint density at radius 2 is 1.67 bits per heavy atom. The van der Waals surface area contributed by atoms with Crippen LogP contribution in [0.5, 0.6) is 0 Å². The van der Waals surface area contributed by atoms with E-state index in [2.05, 4.69) is 33.9 Å². The maximum Gasteiger partial charge on any atom is 0.0502 e. The smallest absolute Gasteiger partial charge is 0.0502 e. The van der Waals surface area contributed by atoms with E-state index in [-0.39, 0.29) is 0 Å². The minimum atomic E-state index is -0.694. The van der Waals surface area contributed by atoms with Crippen molar-refractivity contribution >= 4 is 8.07 Å². The van der Waals surface area contributed by atoms with Crippen LogP contribution in [0.1, 0.15) is 46.5 Å². The molecule has 0 amide bonds. The fourth-order valence-corrected chi connectivity index (χ4v) is 4.31. The van der Waals surface area contributed by atoms with Gasteiger partial charge in [-0.1, -0.05) is 65.6 Å². The molecule has 1 heterocycles. The molecule has 1 atom stereocenters. The van der Waals surface area contributed by atoms with E-state index in [1.165, 1.54) is 25.7 Å². The molecule has 0 bridgehead atoms. The normalized spacial score (nSPS) is 27.2. The largest absolute Gasteiger partial charge is 0.0692 e. The zero-order chi connectivity index (χ0) is 9.61. The van der Waals surface area contributed by atoms with Crippen molar-refractivity contribution in [1.82, 2.24) is 0 Å². The molecule has 1 rings (SSSR count). The number of hydrogen-bond donors (Lipinski definition) is 0. The minimum Gasteiger partial charge on any atom is -0.0692 e.